The van der Waals surface area contributed by atoms with Crippen molar-refractivity contribution in [2.24, 2.45) is 5.92 Å². The first-order valence-corrected chi connectivity index (χ1v) is 7.99. The maximum absolute atomic E-state index is 5.29. The van der Waals surface area contributed by atoms with E-state index in [0.29, 0.717) is 5.92 Å². The van der Waals surface area contributed by atoms with Crippen molar-refractivity contribution >= 4 is 0 Å². The zero-order valence-electron chi connectivity index (χ0n) is 14.1. The molecule has 2 unspecified atom stereocenters. The third-order valence-electron chi connectivity index (χ3n) is 4.10. The van der Waals surface area contributed by atoms with Gasteiger partial charge in [-0.1, -0.05) is 0 Å². The number of nitrogens with zero attached hydrogens (tertiary/aromatic N) is 2. The van der Waals surface area contributed by atoms with E-state index in [1.165, 1.54) is 17.7 Å². The van der Waals surface area contributed by atoms with E-state index in [4.69, 9.17) is 9.72 Å². The summed E-state index contributed by atoms with van der Waals surface area (Å²) < 4.78 is 5.29. The number of rotatable bonds is 5. The van der Waals surface area contributed by atoms with E-state index in [9.17, 15) is 0 Å². The highest BCUT2D eigenvalue weighted by Gasteiger charge is 2.22. The first kappa shape index (κ1) is 16.4. The van der Waals surface area contributed by atoms with Crippen molar-refractivity contribution in [1.29, 1.82) is 0 Å². The van der Waals surface area contributed by atoms with E-state index in [1.807, 2.05) is 6.20 Å². The number of hydrogen-bond acceptors (Lipinski definition) is 4. The normalized spacial score (nSPS) is 20.1. The third-order valence-corrected chi connectivity index (χ3v) is 4.10. The average Bonchev–Trinajstić information content (AvgIpc) is 2.44. The van der Waals surface area contributed by atoms with Crippen molar-refractivity contribution in [3.8, 4) is 0 Å². The lowest BCUT2D eigenvalue weighted by Gasteiger charge is -2.28. The number of fused-ring (bicyclic) bond motifs is 1. The molecule has 4 heteroatoms. The van der Waals surface area contributed by atoms with Crippen LogP contribution in [0.2, 0.25) is 0 Å². The van der Waals surface area contributed by atoms with Crippen LogP contribution in [0, 0.1) is 5.92 Å². The van der Waals surface area contributed by atoms with Crippen LogP contribution in [-0.2, 0) is 24.0 Å². The summed E-state index contributed by atoms with van der Waals surface area (Å²) >= 11 is 0. The van der Waals surface area contributed by atoms with E-state index in [2.05, 4.69) is 38.0 Å². The van der Waals surface area contributed by atoms with E-state index in [1.54, 1.807) is 7.11 Å². The second kappa shape index (κ2) is 6.84. The van der Waals surface area contributed by atoms with E-state index in [-0.39, 0.29) is 11.6 Å². The monoisotopic (exact) mass is 291 g/mol. The van der Waals surface area contributed by atoms with Crippen LogP contribution in [0.25, 0.3) is 0 Å². The van der Waals surface area contributed by atoms with Crippen molar-refractivity contribution in [3.05, 3.63) is 23.3 Å². The first-order valence-electron chi connectivity index (χ1n) is 7.99. The van der Waals surface area contributed by atoms with Gasteiger partial charge in [-0.25, -0.2) is 9.97 Å². The predicted octanol–water partition coefficient (Wildman–Crippen LogP) is 2.55. The maximum atomic E-state index is 5.29. The molecule has 0 aromatic carbocycles. The SMILES string of the molecule is COC(C)Cc1ncc2c(n1)CCC(CNC(C)(C)C)C2. The first-order chi connectivity index (χ1) is 9.87. The Kier molecular flexibility index (Phi) is 5.33. The fourth-order valence-corrected chi connectivity index (χ4v) is 2.69. The lowest BCUT2D eigenvalue weighted by Crippen LogP contribution is -2.40. The van der Waals surface area contributed by atoms with E-state index >= 15 is 0 Å². The molecule has 2 rings (SSSR count). The highest BCUT2D eigenvalue weighted by molar-refractivity contribution is 5.21. The molecule has 1 aliphatic carbocycles. The minimum atomic E-state index is 0.176. The maximum Gasteiger partial charge on any atom is 0.131 e. The van der Waals surface area contributed by atoms with Gasteiger partial charge >= 0.3 is 0 Å². The summed E-state index contributed by atoms with van der Waals surface area (Å²) in [7, 11) is 1.73. The lowest BCUT2D eigenvalue weighted by atomic mass is 9.86. The molecular formula is C17H29N3O. The van der Waals surface area contributed by atoms with Gasteiger partial charge in [0, 0.05) is 31.0 Å². The molecule has 2 atom stereocenters. The molecule has 0 radical (unpaired) electrons. The van der Waals surface area contributed by atoms with Crippen LogP contribution >= 0.6 is 0 Å². The van der Waals surface area contributed by atoms with Gasteiger partial charge in [-0.3, -0.25) is 0 Å². The molecule has 0 fully saturated rings. The highest BCUT2D eigenvalue weighted by Crippen LogP contribution is 2.24. The molecule has 0 amide bonds. The summed E-state index contributed by atoms with van der Waals surface area (Å²) in [6.07, 6.45) is 6.38. The molecule has 118 valence electrons. The Labute approximate surface area is 128 Å². The van der Waals surface area contributed by atoms with Crippen LogP contribution in [0.15, 0.2) is 6.20 Å². The van der Waals surface area contributed by atoms with Gasteiger partial charge in [0.2, 0.25) is 0 Å². The van der Waals surface area contributed by atoms with Gasteiger partial charge in [0.05, 0.1) is 6.10 Å². The summed E-state index contributed by atoms with van der Waals surface area (Å²) in [4.78, 5) is 9.24. The van der Waals surface area contributed by atoms with Crippen molar-refractivity contribution in [1.82, 2.24) is 15.3 Å². The third kappa shape index (κ3) is 5.04. The van der Waals surface area contributed by atoms with Crippen LogP contribution in [0.5, 0.6) is 0 Å². The topological polar surface area (TPSA) is 47.0 Å². The summed E-state index contributed by atoms with van der Waals surface area (Å²) in [5.74, 6) is 1.61. The molecule has 1 aliphatic rings. The van der Waals surface area contributed by atoms with E-state index < -0.39 is 0 Å². The van der Waals surface area contributed by atoms with Crippen molar-refractivity contribution in [2.75, 3.05) is 13.7 Å². The van der Waals surface area contributed by atoms with Gasteiger partial charge in [-0.05, 0) is 65.0 Å². The molecule has 0 saturated carbocycles. The van der Waals surface area contributed by atoms with Crippen molar-refractivity contribution in [2.45, 2.75) is 65.0 Å². The number of nitrogens with one attached hydrogen (secondary N) is 1. The number of methoxy groups -OCH3 is 1. The fraction of sp³-hybridized carbons (Fsp3) is 0.765. The molecule has 1 aromatic rings. The highest BCUT2D eigenvalue weighted by atomic mass is 16.5. The van der Waals surface area contributed by atoms with Gasteiger partial charge in [-0.2, -0.15) is 0 Å². The Bertz CT molecular complexity index is 468. The number of hydrogen-bond donors (Lipinski definition) is 1. The number of aryl methyl sites for hydroxylation is 1. The van der Waals surface area contributed by atoms with E-state index in [0.717, 1.165) is 31.6 Å². The molecule has 4 nitrogen and oxygen atoms in total. The summed E-state index contributed by atoms with van der Waals surface area (Å²) in [5, 5.41) is 3.61. The minimum absolute atomic E-state index is 0.176. The molecule has 0 spiro atoms. The van der Waals surface area contributed by atoms with Crippen LogP contribution in [0.4, 0.5) is 0 Å². The predicted molar refractivity (Wildman–Crippen MR) is 85.5 cm³/mol. The second-order valence-electron chi connectivity index (χ2n) is 7.25. The Balaban J connectivity index is 1.96. The van der Waals surface area contributed by atoms with Gasteiger partial charge in [0.1, 0.15) is 5.82 Å². The second-order valence-corrected chi connectivity index (χ2v) is 7.25. The van der Waals surface area contributed by atoms with Crippen molar-refractivity contribution in [3.63, 3.8) is 0 Å². The summed E-state index contributed by atoms with van der Waals surface area (Å²) in [6, 6.07) is 0. The Hall–Kier alpha value is -1.00. The Morgan fingerprint density at radius 2 is 2.19 bits per heavy atom. The Morgan fingerprint density at radius 3 is 2.86 bits per heavy atom. The van der Waals surface area contributed by atoms with Crippen LogP contribution in [0.1, 0.15) is 51.2 Å². The van der Waals surface area contributed by atoms with Crippen LogP contribution < -0.4 is 5.32 Å². The zero-order chi connectivity index (χ0) is 15.5. The average molecular weight is 291 g/mol. The van der Waals surface area contributed by atoms with Gasteiger partial charge in [-0.15, -0.1) is 0 Å². The largest absolute Gasteiger partial charge is 0.381 e. The number of aromatic nitrogens is 2. The molecule has 1 N–H and O–H groups in total. The van der Waals surface area contributed by atoms with Crippen LogP contribution in [-0.4, -0.2) is 35.3 Å². The quantitative estimate of drug-likeness (QED) is 0.905. The van der Waals surface area contributed by atoms with Crippen LogP contribution in [0.3, 0.4) is 0 Å². The zero-order valence-corrected chi connectivity index (χ0v) is 14.1. The standard InChI is InChI=1S/C17H29N3O/c1-12(21-5)8-16-18-11-14-9-13(6-7-15(14)20-16)10-19-17(2,3)4/h11-13,19H,6-10H2,1-5H3. The summed E-state index contributed by atoms with van der Waals surface area (Å²) in [5.41, 5.74) is 2.77. The molecule has 1 heterocycles. The van der Waals surface area contributed by atoms with Gasteiger partial charge < -0.3 is 10.1 Å². The van der Waals surface area contributed by atoms with Gasteiger partial charge in [0.25, 0.3) is 0 Å². The smallest absolute Gasteiger partial charge is 0.131 e. The molecule has 0 bridgehead atoms. The molecule has 1 aromatic heterocycles. The fourth-order valence-electron chi connectivity index (χ4n) is 2.69. The minimum Gasteiger partial charge on any atom is -0.381 e. The van der Waals surface area contributed by atoms with Crippen molar-refractivity contribution < 1.29 is 4.74 Å². The molecule has 0 saturated heterocycles. The molecule has 21 heavy (non-hydrogen) atoms. The molecular weight excluding hydrogens is 262 g/mol. The lowest BCUT2D eigenvalue weighted by molar-refractivity contribution is 0.117. The molecule has 0 aliphatic heterocycles. The van der Waals surface area contributed by atoms with Gasteiger partial charge in [0.15, 0.2) is 0 Å². The number of ether oxygens (including phenoxy) is 1. The Morgan fingerprint density at radius 1 is 1.43 bits per heavy atom. The summed E-state index contributed by atoms with van der Waals surface area (Å²) in [6.45, 7) is 9.78.